The van der Waals surface area contributed by atoms with Gasteiger partial charge in [-0.15, -0.1) is 0 Å². The van der Waals surface area contributed by atoms with Crippen molar-refractivity contribution in [2.24, 2.45) is 0 Å². The molecule has 2 heterocycles. The van der Waals surface area contributed by atoms with Crippen molar-refractivity contribution in [2.75, 3.05) is 18.5 Å². The van der Waals surface area contributed by atoms with Crippen LogP contribution in [0.4, 0.5) is 5.82 Å². The quantitative estimate of drug-likeness (QED) is 0.589. The largest absolute Gasteiger partial charge is 0.486 e. The zero-order valence-electron chi connectivity index (χ0n) is 6.29. The van der Waals surface area contributed by atoms with E-state index in [1.807, 2.05) is 6.92 Å². The van der Waals surface area contributed by atoms with Gasteiger partial charge >= 0.3 is 0 Å². The molecule has 0 aromatic carbocycles. The minimum absolute atomic E-state index is 0.694. The molecule has 1 N–H and O–H groups in total. The molecule has 1 aromatic rings. The average molecular weight is 151 g/mol. The fraction of sp³-hybridized carbons (Fsp3) is 0.429. The van der Waals surface area contributed by atoms with Gasteiger partial charge in [0.25, 0.3) is 0 Å². The second-order valence-electron chi connectivity index (χ2n) is 2.41. The molecule has 0 bridgehead atoms. The predicted molar refractivity (Wildman–Crippen MR) is 40.8 cm³/mol. The van der Waals surface area contributed by atoms with Crippen LogP contribution in [-0.2, 0) is 0 Å². The van der Waals surface area contributed by atoms with Gasteiger partial charge in [0, 0.05) is 0 Å². The zero-order chi connectivity index (χ0) is 7.68. The lowest BCUT2D eigenvalue weighted by atomic mass is 10.4. The lowest BCUT2D eigenvalue weighted by Gasteiger charge is -2.17. The van der Waals surface area contributed by atoms with E-state index in [0.717, 1.165) is 23.9 Å². The van der Waals surface area contributed by atoms with Crippen LogP contribution in [0.3, 0.4) is 0 Å². The third-order valence-electron chi connectivity index (χ3n) is 1.53. The third-order valence-corrected chi connectivity index (χ3v) is 1.53. The number of aryl methyl sites for hydroxylation is 1. The van der Waals surface area contributed by atoms with Crippen LogP contribution in [0.2, 0.25) is 0 Å². The van der Waals surface area contributed by atoms with E-state index in [2.05, 4.69) is 15.3 Å². The molecule has 11 heavy (non-hydrogen) atoms. The van der Waals surface area contributed by atoms with E-state index in [1.54, 1.807) is 6.20 Å². The Hall–Kier alpha value is -1.32. The molecule has 0 saturated carbocycles. The van der Waals surface area contributed by atoms with E-state index in [1.165, 1.54) is 0 Å². The SMILES string of the molecule is Cc1ncc2c(n1)NCCO2. The van der Waals surface area contributed by atoms with Crippen LogP contribution in [0, 0.1) is 6.92 Å². The molecule has 0 atom stereocenters. The number of anilines is 1. The van der Waals surface area contributed by atoms with Crippen LogP contribution in [-0.4, -0.2) is 23.1 Å². The topological polar surface area (TPSA) is 47.0 Å². The summed E-state index contributed by atoms with van der Waals surface area (Å²) in [4.78, 5) is 8.18. The molecule has 1 aliphatic rings. The molecule has 0 amide bonds. The van der Waals surface area contributed by atoms with Crippen LogP contribution < -0.4 is 10.1 Å². The van der Waals surface area contributed by atoms with E-state index in [0.29, 0.717) is 6.61 Å². The molecule has 1 aliphatic heterocycles. The van der Waals surface area contributed by atoms with Crippen molar-refractivity contribution in [3.63, 3.8) is 0 Å². The molecular weight excluding hydrogens is 142 g/mol. The first kappa shape index (κ1) is 6.39. The van der Waals surface area contributed by atoms with Crippen molar-refractivity contribution >= 4 is 5.82 Å². The van der Waals surface area contributed by atoms with E-state index in [9.17, 15) is 0 Å². The summed E-state index contributed by atoms with van der Waals surface area (Å²) < 4.78 is 5.29. The number of nitrogens with zero attached hydrogens (tertiary/aromatic N) is 2. The number of ether oxygens (including phenoxy) is 1. The molecule has 2 rings (SSSR count). The number of rotatable bonds is 0. The van der Waals surface area contributed by atoms with Gasteiger partial charge in [0.05, 0.1) is 12.7 Å². The number of aromatic nitrogens is 2. The van der Waals surface area contributed by atoms with Crippen LogP contribution in [0.1, 0.15) is 5.82 Å². The number of fused-ring (bicyclic) bond motifs is 1. The highest BCUT2D eigenvalue weighted by atomic mass is 16.5. The Morgan fingerprint density at radius 2 is 2.55 bits per heavy atom. The fourth-order valence-electron chi connectivity index (χ4n) is 1.02. The van der Waals surface area contributed by atoms with Crippen molar-refractivity contribution < 1.29 is 4.74 Å². The first-order valence-corrected chi connectivity index (χ1v) is 3.56. The Morgan fingerprint density at radius 1 is 1.64 bits per heavy atom. The van der Waals surface area contributed by atoms with Gasteiger partial charge in [0.2, 0.25) is 0 Å². The Labute approximate surface area is 64.6 Å². The van der Waals surface area contributed by atoms with Crippen molar-refractivity contribution in [1.29, 1.82) is 0 Å². The smallest absolute Gasteiger partial charge is 0.179 e. The van der Waals surface area contributed by atoms with E-state index >= 15 is 0 Å². The van der Waals surface area contributed by atoms with Gasteiger partial charge in [-0.2, -0.15) is 0 Å². The van der Waals surface area contributed by atoms with Gasteiger partial charge in [0.1, 0.15) is 12.4 Å². The molecule has 1 aromatic heterocycles. The predicted octanol–water partition coefficient (Wildman–Crippen LogP) is 0.589. The average Bonchev–Trinajstić information content (AvgIpc) is 2.04. The normalized spacial score (nSPS) is 14.6. The lowest BCUT2D eigenvalue weighted by Crippen LogP contribution is -2.19. The Bertz CT molecular complexity index is 274. The minimum atomic E-state index is 0.694. The molecule has 0 aliphatic carbocycles. The molecule has 58 valence electrons. The van der Waals surface area contributed by atoms with Gasteiger partial charge < -0.3 is 10.1 Å². The Morgan fingerprint density at radius 3 is 3.45 bits per heavy atom. The van der Waals surface area contributed by atoms with Gasteiger partial charge in [-0.3, -0.25) is 0 Å². The van der Waals surface area contributed by atoms with Crippen LogP contribution in [0.5, 0.6) is 5.75 Å². The maximum absolute atomic E-state index is 5.29. The summed E-state index contributed by atoms with van der Waals surface area (Å²) in [6, 6.07) is 0. The molecule has 4 heteroatoms. The highest BCUT2D eigenvalue weighted by Crippen LogP contribution is 2.22. The van der Waals surface area contributed by atoms with Gasteiger partial charge in [0.15, 0.2) is 11.6 Å². The molecular formula is C7H9N3O. The second-order valence-corrected chi connectivity index (χ2v) is 2.41. The maximum Gasteiger partial charge on any atom is 0.179 e. The van der Waals surface area contributed by atoms with E-state index in [4.69, 9.17) is 4.74 Å². The fourth-order valence-corrected chi connectivity index (χ4v) is 1.02. The number of hydrogen-bond donors (Lipinski definition) is 1. The van der Waals surface area contributed by atoms with Gasteiger partial charge in [-0.05, 0) is 6.92 Å². The van der Waals surface area contributed by atoms with Crippen molar-refractivity contribution in [1.82, 2.24) is 9.97 Å². The van der Waals surface area contributed by atoms with Crippen molar-refractivity contribution in [2.45, 2.75) is 6.92 Å². The number of nitrogens with one attached hydrogen (secondary N) is 1. The molecule has 4 nitrogen and oxygen atoms in total. The summed E-state index contributed by atoms with van der Waals surface area (Å²) >= 11 is 0. The molecule has 0 saturated heterocycles. The van der Waals surface area contributed by atoms with Crippen LogP contribution in [0.25, 0.3) is 0 Å². The van der Waals surface area contributed by atoms with E-state index in [-0.39, 0.29) is 0 Å². The zero-order valence-corrected chi connectivity index (χ0v) is 6.29. The third kappa shape index (κ3) is 1.11. The van der Waals surface area contributed by atoms with Gasteiger partial charge in [-0.25, -0.2) is 9.97 Å². The monoisotopic (exact) mass is 151 g/mol. The Kier molecular flexibility index (Phi) is 1.38. The summed E-state index contributed by atoms with van der Waals surface area (Å²) in [6.07, 6.45) is 1.70. The standard InChI is InChI=1S/C7H9N3O/c1-5-9-4-6-7(10-5)8-2-3-11-6/h4H,2-3H2,1H3,(H,8,9,10). The van der Waals surface area contributed by atoms with Crippen molar-refractivity contribution in [3.05, 3.63) is 12.0 Å². The highest BCUT2D eigenvalue weighted by molar-refractivity contribution is 5.49. The highest BCUT2D eigenvalue weighted by Gasteiger charge is 2.10. The summed E-state index contributed by atoms with van der Waals surface area (Å²) in [6.45, 7) is 3.37. The summed E-state index contributed by atoms with van der Waals surface area (Å²) in [7, 11) is 0. The number of hydrogen-bond acceptors (Lipinski definition) is 4. The Balaban J connectivity index is 2.43. The van der Waals surface area contributed by atoms with E-state index < -0.39 is 0 Å². The van der Waals surface area contributed by atoms with Crippen LogP contribution >= 0.6 is 0 Å². The molecule has 0 radical (unpaired) electrons. The summed E-state index contributed by atoms with van der Waals surface area (Å²) in [5.41, 5.74) is 0. The second kappa shape index (κ2) is 2.38. The molecule has 0 fully saturated rings. The first-order valence-electron chi connectivity index (χ1n) is 3.56. The minimum Gasteiger partial charge on any atom is -0.486 e. The summed E-state index contributed by atoms with van der Waals surface area (Å²) in [5, 5.41) is 3.13. The van der Waals surface area contributed by atoms with Crippen LogP contribution in [0.15, 0.2) is 6.20 Å². The molecule has 0 unspecified atom stereocenters. The lowest BCUT2D eigenvalue weighted by molar-refractivity contribution is 0.319. The van der Waals surface area contributed by atoms with Crippen molar-refractivity contribution in [3.8, 4) is 5.75 Å². The maximum atomic E-state index is 5.29. The summed E-state index contributed by atoms with van der Waals surface area (Å²) in [5.74, 6) is 2.33. The first-order chi connectivity index (χ1) is 5.36. The van der Waals surface area contributed by atoms with Gasteiger partial charge in [-0.1, -0.05) is 0 Å². The molecule has 0 spiro atoms.